The van der Waals surface area contributed by atoms with Crippen molar-refractivity contribution < 1.29 is 4.74 Å². The van der Waals surface area contributed by atoms with Gasteiger partial charge in [0, 0.05) is 17.6 Å². The van der Waals surface area contributed by atoms with Crippen molar-refractivity contribution in [2.75, 3.05) is 25.9 Å². The van der Waals surface area contributed by atoms with Gasteiger partial charge in [-0.2, -0.15) is 0 Å². The lowest BCUT2D eigenvalue weighted by Gasteiger charge is -2.32. The Morgan fingerprint density at radius 3 is 3.17 bits per heavy atom. The number of ether oxygens (including phenoxy) is 1. The largest absolute Gasteiger partial charge is 0.491 e. The van der Waals surface area contributed by atoms with E-state index < -0.39 is 0 Å². The van der Waals surface area contributed by atoms with Crippen LogP contribution in [-0.2, 0) is 0 Å². The number of anilines is 1. The first-order valence-corrected chi connectivity index (χ1v) is 8.07. The number of piperidine rings is 1. The van der Waals surface area contributed by atoms with Crippen molar-refractivity contribution in [2.45, 2.75) is 25.3 Å². The maximum absolute atomic E-state index is 6.17. The normalized spacial score (nSPS) is 19.4. The number of aromatic nitrogens is 3. The quantitative estimate of drug-likeness (QED) is 0.777. The average molecular weight is 311 g/mol. The van der Waals surface area contributed by atoms with Crippen molar-refractivity contribution in [3.8, 4) is 5.75 Å². The van der Waals surface area contributed by atoms with E-state index in [1.165, 1.54) is 19.3 Å². The molecule has 4 rings (SSSR count). The number of pyridine rings is 2. The van der Waals surface area contributed by atoms with Crippen LogP contribution in [-0.4, -0.2) is 46.1 Å². The molecule has 1 atom stereocenters. The van der Waals surface area contributed by atoms with Crippen molar-refractivity contribution in [1.82, 2.24) is 19.9 Å². The first kappa shape index (κ1) is 14.3. The Labute approximate surface area is 134 Å². The zero-order valence-corrected chi connectivity index (χ0v) is 13.2. The van der Waals surface area contributed by atoms with Crippen LogP contribution in [0.15, 0.2) is 24.5 Å². The second-order valence-corrected chi connectivity index (χ2v) is 6.25. The Hall–Kier alpha value is -2.34. The van der Waals surface area contributed by atoms with Crippen molar-refractivity contribution in [3.63, 3.8) is 0 Å². The molecule has 4 heterocycles. The molecular formula is C17H21N5O. The SMILES string of the molecule is CN1CCCC[C@@H]1COc1ccnc2[nH]c3cnc(N)cc3c12. The summed E-state index contributed by atoms with van der Waals surface area (Å²) in [5.74, 6) is 1.35. The topological polar surface area (TPSA) is 80.1 Å². The fourth-order valence-corrected chi connectivity index (χ4v) is 3.37. The Bertz CT molecular complexity index is 843. The van der Waals surface area contributed by atoms with Gasteiger partial charge in [0.1, 0.15) is 23.8 Å². The van der Waals surface area contributed by atoms with E-state index in [1.807, 2.05) is 12.1 Å². The van der Waals surface area contributed by atoms with E-state index in [2.05, 4.69) is 26.9 Å². The van der Waals surface area contributed by atoms with E-state index in [1.54, 1.807) is 12.4 Å². The molecule has 1 aliphatic rings. The molecule has 0 aromatic carbocycles. The van der Waals surface area contributed by atoms with Gasteiger partial charge in [-0.05, 0) is 38.6 Å². The lowest BCUT2D eigenvalue weighted by Crippen LogP contribution is -2.40. The Morgan fingerprint density at radius 2 is 2.30 bits per heavy atom. The summed E-state index contributed by atoms with van der Waals surface area (Å²) in [4.78, 5) is 14.2. The lowest BCUT2D eigenvalue weighted by atomic mass is 10.0. The summed E-state index contributed by atoms with van der Waals surface area (Å²) in [5.41, 5.74) is 7.57. The lowest BCUT2D eigenvalue weighted by molar-refractivity contribution is 0.126. The number of likely N-dealkylation sites (N-methyl/N-ethyl adjacent to an activating group) is 1. The highest BCUT2D eigenvalue weighted by Gasteiger charge is 2.20. The summed E-state index contributed by atoms with van der Waals surface area (Å²) in [7, 11) is 2.17. The third-order valence-electron chi connectivity index (χ3n) is 4.71. The maximum Gasteiger partial charge on any atom is 0.142 e. The van der Waals surface area contributed by atoms with Crippen molar-refractivity contribution in [3.05, 3.63) is 24.5 Å². The molecule has 1 aliphatic heterocycles. The summed E-state index contributed by atoms with van der Waals surface area (Å²) >= 11 is 0. The minimum absolute atomic E-state index is 0.476. The summed E-state index contributed by atoms with van der Waals surface area (Å²) in [5, 5.41) is 1.99. The zero-order valence-electron chi connectivity index (χ0n) is 13.2. The number of hydrogen-bond donors (Lipinski definition) is 2. The molecule has 6 nitrogen and oxygen atoms in total. The minimum atomic E-state index is 0.476. The molecule has 0 bridgehead atoms. The van der Waals surface area contributed by atoms with Crippen LogP contribution in [0.5, 0.6) is 5.75 Å². The fourth-order valence-electron chi connectivity index (χ4n) is 3.37. The first-order chi connectivity index (χ1) is 11.2. The number of aromatic amines is 1. The van der Waals surface area contributed by atoms with Gasteiger partial charge in [0.15, 0.2) is 0 Å². The highest BCUT2D eigenvalue weighted by Crippen LogP contribution is 2.32. The molecule has 0 unspecified atom stereocenters. The molecule has 1 saturated heterocycles. The van der Waals surface area contributed by atoms with Gasteiger partial charge in [0.25, 0.3) is 0 Å². The van der Waals surface area contributed by atoms with Crippen molar-refractivity contribution in [2.24, 2.45) is 0 Å². The molecule has 3 aromatic rings. The standard InChI is InChI=1S/C17H21N5O/c1-22-7-3-2-4-11(22)10-23-14-5-6-19-17-16(14)12-8-15(18)20-9-13(12)21-17/h5-6,8-9,11H,2-4,7,10H2,1H3,(H2,18,20)(H,19,21)/t11-/m1/s1. The van der Waals surface area contributed by atoms with E-state index >= 15 is 0 Å². The van der Waals surface area contributed by atoms with Crippen LogP contribution >= 0.6 is 0 Å². The second-order valence-electron chi connectivity index (χ2n) is 6.25. The molecule has 0 aliphatic carbocycles. The van der Waals surface area contributed by atoms with Crippen molar-refractivity contribution in [1.29, 1.82) is 0 Å². The highest BCUT2D eigenvalue weighted by atomic mass is 16.5. The number of H-pyrrole nitrogens is 1. The van der Waals surface area contributed by atoms with Crippen LogP contribution in [0, 0.1) is 0 Å². The van der Waals surface area contributed by atoms with Gasteiger partial charge in [-0.1, -0.05) is 6.42 Å². The number of hydrogen-bond acceptors (Lipinski definition) is 5. The Morgan fingerprint density at radius 1 is 1.39 bits per heavy atom. The molecule has 0 amide bonds. The van der Waals surface area contributed by atoms with Crippen molar-refractivity contribution >= 4 is 27.8 Å². The molecule has 3 N–H and O–H groups in total. The highest BCUT2D eigenvalue weighted by molar-refractivity contribution is 6.09. The maximum atomic E-state index is 6.17. The van der Waals surface area contributed by atoms with E-state index in [0.717, 1.165) is 34.2 Å². The third kappa shape index (κ3) is 2.59. The average Bonchev–Trinajstić information content (AvgIpc) is 2.92. The Kier molecular flexibility index (Phi) is 3.53. The molecule has 23 heavy (non-hydrogen) atoms. The van der Waals surface area contributed by atoms with Gasteiger partial charge in [-0.3, -0.25) is 0 Å². The van der Waals surface area contributed by atoms with Crippen LogP contribution in [0.1, 0.15) is 19.3 Å². The molecule has 0 saturated carbocycles. The summed E-state index contributed by atoms with van der Waals surface area (Å²) in [6.07, 6.45) is 7.26. The predicted molar refractivity (Wildman–Crippen MR) is 91.6 cm³/mol. The molecule has 3 aromatic heterocycles. The molecular weight excluding hydrogens is 290 g/mol. The van der Waals surface area contributed by atoms with Crippen LogP contribution in [0.4, 0.5) is 5.82 Å². The van der Waals surface area contributed by atoms with E-state index in [4.69, 9.17) is 10.5 Å². The Balaban J connectivity index is 1.69. The third-order valence-corrected chi connectivity index (χ3v) is 4.71. The van der Waals surface area contributed by atoms with Crippen LogP contribution < -0.4 is 10.5 Å². The number of nitrogens with one attached hydrogen (secondary N) is 1. The van der Waals surface area contributed by atoms with Crippen LogP contribution in [0.3, 0.4) is 0 Å². The number of rotatable bonds is 3. The van der Waals surface area contributed by atoms with Gasteiger partial charge in [0.05, 0.1) is 17.1 Å². The van der Waals surface area contributed by atoms with E-state index in [9.17, 15) is 0 Å². The van der Waals surface area contributed by atoms with Gasteiger partial charge in [-0.15, -0.1) is 0 Å². The first-order valence-electron chi connectivity index (χ1n) is 8.07. The van der Waals surface area contributed by atoms with E-state index in [-0.39, 0.29) is 0 Å². The van der Waals surface area contributed by atoms with Gasteiger partial charge >= 0.3 is 0 Å². The van der Waals surface area contributed by atoms with E-state index in [0.29, 0.717) is 18.5 Å². The molecule has 6 heteroatoms. The minimum Gasteiger partial charge on any atom is -0.491 e. The predicted octanol–water partition coefficient (Wildman–Crippen LogP) is 2.56. The summed E-state index contributed by atoms with van der Waals surface area (Å²) in [6, 6.07) is 4.27. The number of fused-ring (bicyclic) bond motifs is 3. The monoisotopic (exact) mass is 311 g/mol. The van der Waals surface area contributed by atoms with Gasteiger partial charge in [0.2, 0.25) is 0 Å². The smallest absolute Gasteiger partial charge is 0.142 e. The number of nitrogen functional groups attached to an aromatic ring is 1. The molecule has 1 fully saturated rings. The van der Waals surface area contributed by atoms with Gasteiger partial charge < -0.3 is 20.4 Å². The summed E-state index contributed by atoms with van der Waals surface area (Å²) in [6.45, 7) is 1.85. The number of nitrogens with two attached hydrogens (primary N) is 1. The summed E-state index contributed by atoms with van der Waals surface area (Å²) < 4.78 is 6.17. The molecule has 0 radical (unpaired) electrons. The molecule has 0 spiro atoms. The zero-order chi connectivity index (χ0) is 15.8. The fraction of sp³-hybridized carbons (Fsp3) is 0.412. The van der Waals surface area contributed by atoms with Gasteiger partial charge in [-0.25, -0.2) is 9.97 Å². The van der Waals surface area contributed by atoms with Crippen LogP contribution in [0.2, 0.25) is 0 Å². The number of nitrogens with zero attached hydrogens (tertiary/aromatic N) is 3. The van der Waals surface area contributed by atoms with Crippen LogP contribution in [0.25, 0.3) is 21.9 Å². The molecule has 120 valence electrons. The second kappa shape index (κ2) is 5.70. The number of likely N-dealkylation sites (tertiary alicyclic amines) is 1.